The van der Waals surface area contributed by atoms with E-state index in [1.54, 1.807) is 0 Å². The third-order valence-corrected chi connectivity index (χ3v) is 3.66. The molecule has 1 aromatic rings. The second kappa shape index (κ2) is 7.71. The van der Waals surface area contributed by atoms with Crippen molar-refractivity contribution in [3.8, 4) is 0 Å². The van der Waals surface area contributed by atoms with E-state index in [0.717, 1.165) is 5.69 Å². The number of hydrogen-bond acceptors (Lipinski definition) is 3. The van der Waals surface area contributed by atoms with Gasteiger partial charge in [0.15, 0.2) is 0 Å². The summed E-state index contributed by atoms with van der Waals surface area (Å²) in [6, 6.07) is 6.03. The van der Waals surface area contributed by atoms with Crippen molar-refractivity contribution in [3.05, 3.63) is 30.1 Å². The van der Waals surface area contributed by atoms with Gasteiger partial charge in [0.2, 0.25) is 0 Å². The molecule has 84 valence electrons. The second-order valence-corrected chi connectivity index (χ2v) is 4.87. The largest absolute Gasteiger partial charge is 0.329 e. The van der Waals surface area contributed by atoms with E-state index in [4.69, 9.17) is 5.73 Å². The maximum atomic E-state index is 5.76. The summed E-state index contributed by atoms with van der Waals surface area (Å²) >= 11 is 1.93. The quantitative estimate of drug-likeness (QED) is 0.724. The van der Waals surface area contributed by atoms with Crippen molar-refractivity contribution in [2.24, 2.45) is 5.73 Å². The third kappa shape index (κ3) is 4.67. The molecule has 2 N–H and O–H groups in total. The molecular formula is C12H20N2S. The van der Waals surface area contributed by atoms with Gasteiger partial charge >= 0.3 is 0 Å². The number of nitrogens with two attached hydrogens (primary N) is 1. The van der Waals surface area contributed by atoms with Gasteiger partial charge in [-0.25, -0.2) is 0 Å². The van der Waals surface area contributed by atoms with Crippen LogP contribution in [0.5, 0.6) is 0 Å². The molecule has 0 aliphatic carbocycles. The Morgan fingerprint density at radius 3 is 2.87 bits per heavy atom. The molecule has 2 nitrogen and oxygen atoms in total. The lowest BCUT2D eigenvalue weighted by Gasteiger charge is -2.13. The fourth-order valence-electron chi connectivity index (χ4n) is 1.42. The zero-order chi connectivity index (χ0) is 10.9. The molecule has 0 aliphatic rings. The Labute approximate surface area is 96.7 Å². The predicted octanol–water partition coefficient (Wildman–Crippen LogP) is 3.00. The molecule has 0 radical (unpaired) electrons. The first-order valence-electron chi connectivity index (χ1n) is 5.61. The summed E-state index contributed by atoms with van der Waals surface area (Å²) in [5.41, 5.74) is 6.87. The van der Waals surface area contributed by atoms with Gasteiger partial charge in [-0.1, -0.05) is 25.8 Å². The molecule has 1 rings (SSSR count). The summed E-state index contributed by atoms with van der Waals surface area (Å²) in [4.78, 5) is 4.35. The first-order valence-corrected chi connectivity index (χ1v) is 6.66. The molecule has 0 aliphatic heterocycles. The van der Waals surface area contributed by atoms with E-state index in [1.807, 2.05) is 30.1 Å². The monoisotopic (exact) mass is 224 g/mol. The van der Waals surface area contributed by atoms with Crippen molar-refractivity contribution in [1.82, 2.24) is 4.98 Å². The minimum atomic E-state index is 0.364. The van der Waals surface area contributed by atoms with Gasteiger partial charge in [-0.05, 0) is 24.3 Å². The van der Waals surface area contributed by atoms with Crippen LogP contribution in [0.25, 0.3) is 0 Å². The van der Waals surface area contributed by atoms with Gasteiger partial charge < -0.3 is 5.73 Å². The lowest BCUT2D eigenvalue weighted by molar-refractivity contribution is 0.775. The van der Waals surface area contributed by atoms with Crippen LogP contribution in [0, 0.1) is 0 Å². The van der Waals surface area contributed by atoms with Crippen LogP contribution < -0.4 is 5.73 Å². The van der Waals surface area contributed by atoms with Crippen molar-refractivity contribution >= 4 is 11.8 Å². The molecule has 0 bridgehead atoms. The lowest BCUT2D eigenvalue weighted by Crippen LogP contribution is -2.11. The first-order chi connectivity index (χ1) is 7.38. The number of nitrogens with zero attached hydrogens (tertiary/aromatic N) is 1. The van der Waals surface area contributed by atoms with Crippen LogP contribution in [-0.2, 0) is 0 Å². The summed E-state index contributed by atoms with van der Waals surface area (Å²) in [7, 11) is 0. The van der Waals surface area contributed by atoms with Crippen molar-refractivity contribution in [1.29, 1.82) is 0 Å². The fourth-order valence-corrected chi connectivity index (χ4v) is 2.52. The Bertz CT molecular complexity index is 251. The zero-order valence-electron chi connectivity index (χ0n) is 9.36. The Balaban J connectivity index is 2.36. The van der Waals surface area contributed by atoms with Gasteiger partial charge in [0.05, 0.1) is 10.9 Å². The maximum Gasteiger partial charge on any atom is 0.0592 e. The Morgan fingerprint density at radius 2 is 2.27 bits per heavy atom. The van der Waals surface area contributed by atoms with Crippen LogP contribution in [0.4, 0.5) is 0 Å². The summed E-state index contributed by atoms with van der Waals surface area (Å²) in [6.07, 6.45) is 5.71. The minimum Gasteiger partial charge on any atom is -0.329 e. The first kappa shape index (κ1) is 12.5. The average molecular weight is 224 g/mol. The molecular weight excluding hydrogens is 204 g/mol. The number of aromatic nitrogens is 1. The fraction of sp³-hybridized carbons (Fsp3) is 0.583. The Morgan fingerprint density at radius 1 is 1.40 bits per heavy atom. The van der Waals surface area contributed by atoms with Crippen molar-refractivity contribution in [2.45, 2.75) is 31.4 Å². The van der Waals surface area contributed by atoms with Gasteiger partial charge in [-0.15, -0.1) is 0 Å². The van der Waals surface area contributed by atoms with Crippen LogP contribution in [0.2, 0.25) is 0 Å². The van der Waals surface area contributed by atoms with Gasteiger partial charge in [0.25, 0.3) is 0 Å². The van der Waals surface area contributed by atoms with E-state index in [-0.39, 0.29) is 0 Å². The van der Waals surface area contributed by atoms with E-state index < -0.39 is 0 Å². The van der Waals surface area contributed by atoms with Crippen LogP contribution in [0.3, 0.4) is 0 Å². The van der Waals surface area contributed by atoms with Crippen molar-refractivity contribution in [2.75, 3.05) is 12.3 Å². The third-order valence-electron chi connectivity index (χ3n) is 2.30. The molecule has 1 heterocycles. The summed E-state index contributed by atoms with van der Waals surface area (Å²) in [5, 5.41) is 0.364. The standard InChI is InChI=1S/C12H20N2S/c1-2-3-6-9-15-12(10-13)11-7-4-5-8-14-11/h4-5,7-8,12H,2-3,6,9-10,13H2,1H3. The van der Waals surface area contributed by atoms with Crippen LogP contribution in [-0.4, -0.2) is 17.3 Å². The molecule has 0 saturated carbocycles. The van der Waals surface area contributed by atoms with Crippen molar-refractivity contribution < 1.29 is 0 Å². The van der Waals surface area contributed by atoms with Gasteiger partial charge in [-0.3, -0.25) is 4.98 Å². The van der Waals surface area contributed by atoms with Crippen LogP contribution in [0.15, 0.2) is 24.4 Å². The number of unbranched alkanes of at least 4 members (excludes halogenated alkanes) is 2. The molecule has 0 spiro atoms. The highest BCUT2D eigenvalue weighted by atomic mass is 32.2. The number of rotatable bonds is 7. The van der Waals surface area contributed by atoms with Gasteiger partial charge in [0.1, 0.15) is 0 Å². The normalized spacial score (nSPS) is 12.7. The highest BCUT2D eigenvalue weighted by Crippen LogP contribution is 2.26. The van der Waals surface area contributed by atoms with Crippen LogP contribution >= 0.6 is 11.8 Å². The lowest BCUT2D eigenvalue weighted by atomic mass is 10.3. The summed E-state index contributed by atoms with van der Waals surface area (Å²) < 4.78 is 0. The van der Waals surface area contributed by atoms with E-state index in [0.29, 0.717) is 11.8 Å². The molecule has 15 heavy (non-hydrogen) atoms. The number of pyridine rings is 1. The summed E-state index contributed by atoms with van der Waals surface area (Å²) in [5.74, 6) is 1.19. The Hall–Kier alpha value is -0.540. The van der Waals surface area contributed by atoms with Gasteiger partial charge in [0, 0.05) is 12.7 Å². The van der Waals surface area contributed by atoms with Gasteiger partial charge in [-0.2, -0.15) is 11.8 Å². The predicted molar refractivity (Wildman–Crippen MR) is 68.0 cm³/mol. The van der Waals surface area contributed by atoms with Crippen LogP contribution in [0.1, 0.15) is 37.1 Å². The summed E-state index contributed by atoms with van der Waals surface area (Å²) in [6.45, 7) is 2.90. The van der Waals surface area contributed by atoms with E-state index in [2.05, 4.69) is 18.0 Å². The van der Waals surface area contributed by atoms with E-state index in [9.17, 15) is 0 Å². The minimum absolute atomic E-state index is 0.364. The molecule has 0 saturated heterocycles. The SMILES string of the molecule is CCCCCSC(CN)c1ccccn1. The zero-order valence-corrected chi connectivity index (χ0v) is 10.2. The Kier molecular flexibility index (Phi) is 6.44. The van der Waals surface area contributed by atoms with E-state index >= 15 is 0 Å². The molecule has 0 aromatic carbocycles. The highest BCUT2D eigenvalue weighted by molar-refractivity contribution is 7.99. The topological polar surface area (TPSA) is 38.9 Å². The molecule has 0 amide bonds. The molecule has 3 heteroatoms. The molecule has 1 unspecified atom stereocenters. The number of thioether (sulfide) groups is 1. The molecule has 1 atom stereocenters. The second-order valence-electron chi connectivity index (χ2n) is 3.56. The number of hydrogen-bond donors (Lipinski definition) is 1. The maximum absolute atomic E-state index is 5.76. The van der Waals surface area contributed by atoms with E-state index in [1.165, 1.54) is 25.0 Å². The smallest absolute Gasteiger partial charge is 0.0592 e. The van der Waals surface area contributed by atoms with Crippen molar-refractivity contribution in [3.63, 3.8) is 0 Å². The average Bonchev–Trinajstić information content (AvgIpc) is 2.30. The molecule has 0 fully saturated rings. The highest BCUT2D eigenvalue weighted by Gasteiger charge is 2.10. The molecule has 1 aromatic heterocycles.